The first kappa shape index (κ1) is 12.5. The van der Waals surface area contributed by atoms with Crippen molar-refractivity contribution >= 4 is 27.7 Å². The molecule has 0 fully saturated rings. The van der Waals surface area contributed by atoms with Gasteiger partial charge >= 0.3 is 0 Å². The first-order valence-electron chi connectivity index (χ1n) is 4.69. The van der Waals surface area contributed by atoms with Crippen LogP contribution in [0.3, 0.4) is 0 Å². The summed E-state index contributed by atoms with van der Waals surface area (Å²) in [4.78, 5) is 11.6. The van der Waals surface area contributed by atoms with Crippen LogP contribution in [0.1, 0.15) is 31.1 Å². The Balaban J connectivity index is 2.38. The van der Waals surface area contributed by atoms with Crippen molar-refractivity contribution in [2.45, 2.75) is 25.5 Å². The van der Waals surface area contributed by atoms with Crippen LogP contribution in [-0.4, -0.2) is 10.7 Å². The lowest BCUT2D eigenvalue weighted by molar-refractivity contribution is 0.0985. The Kier molecular flexibility index (Phi) is 4.54. The maximum atomic E-state index is 11.6. The summed E-state index contributed by atoms with van der Waals surface area (Å²) >= 11 is 0. The molecule has 0 aliphatic heterocycles. The van der Waals surface area contributed by atoms with Crippen molar-refractivity contribution in [3.8, 4) is 0 Å². The summed E-state index contributed by atoms with van der Waals surface area (Å²) < 4.78 is 2.94. The Morgan fingerprint density at radius 1 is 1.20 bits per heavy atom. The number of benzene rings is 1. The first-order chi connectivity index (χ1) is 6.99. The highest BCUT2D eigenvalue weighted by Crippen LogP contribution is 2.32. The van der Waals surface area contributed by atoms with Gasteiger partial charge < -0.3 is 0 Å². The third-order valence-electron chi connectivity index (χ3n) is 1.46. The van der Waals surface area contributed by atoms with E-state index < -0.39 is 0 Å². The van der Waals surface area contributed by atoms with Crippen molar-refractivity contribution in [3.05, 3.63) is 35.9 Å². The molecule has 1 rings (SSSR count). The second-order valence-electron chi connectivity index (χ2n) is 4.08. The highest BCUT2D eigenvalue weighted by atomic mass is 33.1. The van der Waals surface area contributed by atoms with Gasteiger partial charge in [0, 0.05) is 21.3 Å². The van der Waals surface area contributed by atoms with Crippen molar-refractivity contribution < 1.29 is 4.79 Å². The third kappa shape index (κ3) is 5.14. The average Bonchev–Trinajstić information content (AvgIpc) is 2.17. The molecular weight excluding hydrogens is 226 g/mol. The number of amides is 1. The molecular formula is C11H15NOS2. The van der Waals surface area contributed by atoms with Crippen LogP contribution in [-0.2, 0) is 0 Å². The quantitative estimate of drug-likeness (QED) is 0.648. The Bertz CT molecular complexity index is 319. The molecule has 1 N–H and O–H groups in total. The Morgan fingerprint density at radius 3 is 2.33 bits per heavy atom. The molecule has 1 amide bonds. The number of nitrogens with one attached hydrogen (secondary N) is 1. The zero-order valence-corrected chi connectivity index (χ0v) is 10.7. The summed E-state index contributed by atoms with van der Waals surface area (Å²) in [7, 11) is 3.02. The fourth-order valence-corrected chi connectivity index (χ4v) is 2.42. The number of rotatable bonds is 3. The van der Waals surface area contributed by atoms with E-state index in [1.165, 1.54) is 11.0 Å². The molecule has 0 aliphatic carbocycles. The number of carbonyl (C=O) groups is 1. The van der Waals surface area contributed by atoms with Gasteiger partial charge in [-0.1, -0.05) is 49.8 Å². The number of hydrogen-bond acceptors (Lipinski definition) is 3. The van der Waals surface area contributed by atoms with E-state index >= 15 is 0 Å². The zero-order valence-electron chi connectivity index (χ0n) is 9.11. The topological polar surface area (TPSA) is 29.1 Å². The van der Waals surface area contributed by atoms with Gasteiger partial charge in [0.1, 0.15) is 0 Å². The van der Waals surface area contributed by atoms with Gasteiger partial charge in [0.05, 0.1) is 0 Å². The van der Waals surface area contributed by atoms with Crippen molar-refractivity contribution in [1.29, 1.82) is 0 Å². The lowest BCUT2D eigenvalue weighted by Gasteiger charge is -2.15. The minimum absolute atomic E-state index is 0.0441. The molecule has 0 saturated heterocycles. The second kappa shape index (κ2) is 5.47. The summed E-state index contributed by atoms with van der Waals surface area (Å²) in [6.07, 6.45) is 0. The molecule has 0 aromatic heterocycles. The van der Waals surface area contributed by atoms with Crippen LogP contribution in [0.5, 0.6) is 0 Å². The zero-order chi connectivity index (χ0) is 11.3. The van der Waals surface area contributed by atoms with Crippen molar-refractivity contribution in [3.63, 3.8) is 0 Å². The first-order valence-corrected chi connectivity index (χ1v) is 6.84. The highest BCUT2D eigenvalue weighted by Gasteiger charge is 2.12. The van der Waals surface area contributed by atoms with Gasteiger partial charge in [0.2, 0.25) is 0 Å². The summed E-state index contributed by atoms with van der Waals surface area (Å²) in [5.74, 6) is -0.0441. The summed E-state index contributed by atoms with van der Waals surface area (Å²) in [6.45, 7) is 6.33. The smallest absolute Gasteiger partial charge is 0.261 e. The van der Waals surface area contributed by atoms with Crippen LogP contribution in [0.25, 0.3) is 0 Å². The van der Waals surface area contributed by atoms with Crippen LogP contribution in [0, 0.1) is 0 Å². The van der Waals surface area contributed by atoms with E-state index in [-0.39, 0.29) is 10.7 Å². The molecule has 0 saturated carbocycles. The molecule has 0 bridgehead atoms. The normalized spacial score (nSPS) is 11.1. The van der Waals surface area contributed by atoms with Gasteiger partial charge in [-0.2, -0.15) is 0 Å². The predicted molar refractivity (Wildman–Crippen MR) is 68.8 cm³/mol. The predicted octanol–water partition coefficient (Wildman–Crippen LogP) is 3.51. The maximum Gasteiger partial charge on any atom is 0.261 e. The molecule has 0 spiro atoms. The Labute approximate surface area is 98.7 Å². The van der Waals surface area contributed by atoms with Gasteiger partial charge in [-0.15, -0.1) is 0 Å². The van der Waals surface area contributed by atoms with Crippen molar-refractivity contribution in [2.75, 3.05) is 0 Å². The lowest BCUT2D eigenvalue weighted by atomic mass is 10.2. The third-order valence-corrected chi connectivity index (χ3v) is 4.31. The van der Waals surface area contributed by atoms with Gasteiger partial charge in [0.15, 0.2) is 0 Å². The average molecular weight is 241 g/mol. The summed E-state index contributed by atoms with van der Waals surface area (Å²) in [5, 5.41) is 0. The van der Waals surface area contributed by atoms with E-state index in [1.807, 2.05) is 18.2 Å². The number of carbonyl (C=O) groups excluding carboxylic acids is 1. The van der Waals surface area contributed by atoms with Crippen molar-refractivity contribution in [1.82, 2.24) is 4.72 Å². The van der Waals surface area contributed by atoms with Crippen molar-refractivity contribution in [2.24, 2.45) is 0 Å². The fourth-order valence-electron chi connectivity index (χ4n) is 0.832. The van der Waals surface area contributed by atoms with Gasteiger partial charge in [-0.25, -0.2) is 0 Å². The minimum atomic E-state index is -0.0441. The fraction of sp³-hybridized carbons (Fsp3) is 0.364. The van der Waals surface area contributed by atoms with E-state index in [0.717, 1.165) is 0 Å². The van der Waals surface area contributed by atoms with E-state index in [1.54, 1.807) is 22.9 Å². The molecule has 0 unspecified atom stereocenters. The SMILES string of the molecule is CC(C)(C)SSNC(=O)c1ccccc1. The maximum absolute atomic E-state index is 11.6. The lowest BCUT2D eigenvalue weighted by Crippen LogP contribution is -2.16. The Morgan fingerprint density at radius 2 is 1.80 bits per heavy atom. The molecule has 0 heterocycles. The molecule has 82 valence electrons. The van der Waals surface area contributed by atoms with E-state index in [2.05, 4.69) is 25.5 Å². The molecule has 0 radical (unpaired) electrons. The molecule has 1 aromatic carbocycles. The molecule has 4 heteroatoms. The molecule has 0 atom stereocenters. The number of hydrogen-bond donors (Lipinski definition) is 1. The van der Waals surface area contributed by atoms with Crippen LogP contribution >= 0.6 is 21.8 Å². The second-order valence-corrected chi connectivity index (χ2v) is 6.84. The molecule has 2 nitrogen and oxygen atoms in total. The van der Waals surface area contributed by atoms with Gasteiger partial charge in [-0.3, -0.25) is 9.52 Å². The molecule has 1 aromatic rings. The van der Waals surface area contributed by atoms with E-state index in [9.17, 15) is 4.79 Å². The molecule has 15 heavy (non-hydrogen) atoms. The van der Waals surface area contributed by atoms with Crippen LogP contribution in [0.4, 0.5) is 0 Å². The Hall–Kier alpha value is -0.610. The van der Waals surface area contributed by atoms with Crippen LogP contribution < -0.4 is 4.72 Å². The van der Waals surface area contributed by atoms with E-state index in [0.29, 0.717) is 5.56 Å². The van der Waals surface area contributed by atoms with Gasteiger partial charge in [0.25, 0.3) is 5.91 Å². The molecule has 0 aliphatic rings. The highest BCUT2D eigenvalue weighted by molar-refractivity contribution is 8.76. The standard InChI is InChI=1S/C11H15NOS2/c1-11(2,3)14-15-12-10(13)9-7-5-4-6-8-9/h4-8H,1-3H3,(H,12,13). The van der Waals surface area contributed by atoms with E-state index in [4.69, 9.17) is 0 Å². The van der Waals surface area contributed by atoms with Crippen LogP contribution in [0.2, 0.25) is 0 Å². The van der Waals surface area contributed by atoms with Gasteiger partial charge in [-0.05, 0) is 12.1 Å². The monoisotopic (exact) mass is 241 g/mol. The minimum Gasteiger partial charge on any atom is -0.287 e. The largest absolute Gasteiger partial charge is 0.287 e. The summed E-state index contributed by atoms with van der Waals surface area (Å²) in [5.41, 5.74) is 0.694. The van der Waals surface area contributed by atoms with Crippen LogP contribution in [0.15, 0.2) is 30.3 Å². The summed E-state index contributed by atoms with van der Waals surface area (Å²) in [6, 6.07) is 9.22.